The Labute approximate surface area is 183 Å². The summed E-state index contributed by atoms with van der Waals surface area (Å²) in [6.45, 7) is 7.32. The summed E-state index contributed by atoms with van der Waals surface area (Å²) < 4.78 is 45.1. The van der Waals surface area contributed by atoms with E-state index >= 15 is 0 Å². The highest BCUT2D eigenvalue weighted by atomic mass is 32.2. The Morgan fingerprint density at radius 2 is 2.00 bits per heavy atom. The van der Waals surface area contributed by atoms with E-state index < -0.39 is 11.7 Å². The van der Waals surface area contributed by atoms with Crippen LogP contribution in [0.25, 0.3) is 10.9 Å². The number of hydrogen-bond acceptors (Lipinski definition) is 6. The van der Waals surface area contributed by atoms with Gasteiger partial charge in [-0.15, -0.1) is 0 Å². The fraction of sp³-hybridized carbons (Fsp3) is 0.455. The lowest BCUT2D eigenvalue weighted by atomic mass is 10.1. The number of benzene rings is 1. The molecular formula is C22H24F3N3O2S. The molecule has 5 nitrogen and oxygen atoms in total. The maximum absolute atomic E-state index is 13.0. The molecule has 1 unspecified atom stereocenters. The topological polar surface area (TPSA) is 45.7 Å². The second-order valence-corrected chi connectivity index (χ2v) is 9.14. The minimum absolute atomic E-state index is 0.0424. The van der Waals surface area contributed by atoms with Crippen LogP contribution >= 0.6 is 11.8 Å². The number of nitrogens with zero attached hydrogens (tertiary/aromatic N) is 3. The van der Waals surface area contributed by atoms with Crippen LogP contribution < -0.4 is 4.90 Å². The largest absolute Gasteiger partial charge is 0.481 e. The van der Waals surface area contributed by atoms with Gasteiger partial charge in [-0.25, -0.2) is 0 Å². The Balaban J connectivity index is 1.45. The molecule has 0 saturated carbocycles. The van der Waals surface area contributed by atoms with Crippen molar-refractivity contribution in [2.45, 2.75) is 31.7 Å². The Kier molecular flexibility index (Phi) is 6.16. The number of fused-ring (bicyclic) bond motifs is 1. The van der Waals surface area contributed by atoms with Crippen LogP contribution in [0.4, 0.5) is 18.9 Å². The molecule has 0 radical (unpaired) electrons. The van der Waals surface area contributed by atoms with Gasteiger partial charge in [0.05, 0.1) is 16.3 Å². The number of halogens is 3. The molecule has 4 rings (SSSR count). The minimum atomic E-state index is -4.39. The lowest BCUT2D eigenvalue weighted by molar-refractivity contribution is -0.137. The van der Waals surface area contributed by atoms with Crippen molar-refractivity contribution in [3.05, 3.63) is 47.4 Å². The van der Waals surface area contributed by atoms with Crippen LogP contribution in [-0.2, 0) is 15.7 Å². The van der Waals surface area contributed by atoms with Crippen molar-refractivity contribution < 1.29 is 22.7 Å². The zero-order valence-corrected chi connectivity index (χ0v) is 18.2. The third-order valence-corrected chi connectivity index (χ3v) is 6.80. The van der Waals surface area contributed by atoms with Gasteiger partial charge in [0, 0.05) is 49.0 Å². The van der Waals surface area contributed by atoms with E-state index in [-0.39, 0.29) is 10.4 Å². The van der Waals surface area contributed by atoms with E-state index in [4.69, 9.17) is 4.74 Å². The van der Waals surface area contributed by atoms with E-state index in [1.807, 2.05) is 13.0 Å². The number of hydrogen-bond donors (Lipinski definition) is 0. The van der Waals surface area contributed by atoms with E-state index in [0.717, 1.165) is 61.6 Å². The summed E-state index contributed by atoms with van der Waals surface area (Å²) in [5.74, 6) is 0.761. The first-order valence-electron chi connectivity index (χ1n) is 10.2. The highest BCUT2D eigenvalue weighted by molar-refractivity contribution is 8.15. The molecule has 1 atom stereocenters. The van der Waals surface area contributed by atoms with Crippen molar-refractivity contribution >= 4 is 33.5 Å². The fourth-order valence-corrected chi connectivity index (χ4v) is 4.97. The molecule has 2 aromatic rings. The van der Waals surface area contributed by atoms with E-state index in [2.05, 4.69) is 14.8 Å². The number of ether oxygens (including phenoxy) is 1. The van der Waals surface area contributed by atoms with Crippen molar-refractivity contribution in [2.24, 2.45) is 0 Å². The lowest BCUT2D eigenvalue weighted by Crippen LogP contribution is -2.32. The highest BCUT2D eigenvalue weighted by Crippen LogP contribution is 2.35. The molecule has 3 heterocycles. The van der Waals surface area contributed by atoms with E-state index in [0.29, 0.717) is 17.8 Å². The minimum Gasteiger partial charge on any atom is -0.481 e. The highest BCUT2D eigenvalue weighted by Gasteiger charge is 2.31. The van der Waals surface area contributed by atoms with Crippen molar-refractivity contribution in [2.75, 3.05) is 37.8 Å². The van der Waals surface area contributed by atoms with Crippen LogP contribution in [0.1, 0.15) is 25.8 Å². The van der Waals surface area contributed by atoms with E-state index in [1.165, 1.54) is 17.8 Å². The average Bonchev–Trinajstić information content (AvgIpc) is 2.89. The normalized spacial score (nSPS) is 21.1. The third-order valence-electron chi connectivity index (χ3n) is 5.71. The van der Waals surface area contributed by atoms with Crippen LogP contribution in [-0.4, -0.2) is 53.2 Å². The third kappa shape index (κ3) is 4.67. The van der Waals surface area contributed by atoms with Gasteiger partial charge in [0.1, 0.15) is 12.5 Å². The molecule has 0 spiro atoms. The standard InChI is InChI=1S/C22H24F3N3O2S/c1-14-20(15(2)31-21(14)29)30-13-27-8-3-9-28(11-10-27)19-6-7-26-18-12-16(22(23,24)25)4-5-17(18)19/h4-7,12,15H,3,8-11,13H2,1-2H3. The quantitative estimate of drug-likeness (QED) is 0.673. The molecule has 1 fully saturated rings. The maximum atomic E-state index is 13.0. The molecule has 9 heteroatoms. The number of rotatable bonds is 4. The van der Waals surface area contributed by atoms with Crippen LogP contribution in [0.15, 0.2) is 41.8 Å². The Bertz CT molecular complexity index is 1020. The summed E-state index contributed by atoms with van der Waals surface area (Å²) in [7, 11) is 0. The summed E-state index contributed by atoms with van der Waals surface area (Å²) in [5, 5.41) is 0.833. The monoisotopic (exact) mass is 451 g/mol. The fourth-order valence-electron chi connectivity index (χ4n) is 4.02. The van der Waals surface area contributed by atoms with Gasteiger partial charge in [-0.2, -0.15) is 13.2 Å². The first kappa shape index (κ1) is 22.0. The molecule has 1 aromatic heterocycles. The Hall–Kier alpha value is -2.26. The number of carbonyl (C=O) groups excluding carboxylic acids is 1. The summed E-state index contributed by atoms with van der Waals surface area (Å²) >= 11 is 1.29. The molecular weight excluding hydrogens is 427 g/mol. The van der Waals surface area contributed by atoms with Gasteiger partial charge < -0.3 is 9.64 Å². The molecule has 0 amide bonds. The molecule has 2 aliphatic rings. The van der Waals surface area contributed by atoms with Gasteiger partial charge in [0.25, 0.3) is 0 Å². The van der Waals surface area contributed by atoms with Gasteiger partial charge in [-0.1, -0.05) is 17.8 Å². The van der Waals surface area contributed by atoms with Gasteiger partial charge in [-0.05, 0) is 38.5 Å². The molecule has 31 heavy (non-hydrogen) atoms. The number of aromatic nitrogens is 1. The van der Waals surface area contributed by atoms with Gasteiger partial charge in [0.2, 0.25) is 5.12 Å². The van der Waals surface area contributed by atoms with E-state index in [1.54, 1.807) is 13.1 Å². The van der Waals surface area contributed by atoms with E-state index in [9.17, 15) is 18.0 Å². The molecule has 2 aliphatic heterocycles. The van der Waals surface area contributed by atoms with Gasteiger partial charge >= 0.3 is 6.18 Å². The van der Waals surface area contributed by atoms with Crippen molar-refractivity contribution in [1.82, 2.24) is 9.88 Å². The first-order valence-corrected chi connectivity index (χ1v) is 11.1. The smallest absolute Gasteiger partial charge is 0.416 e. The summed E-state index contributed by atoms with van der Waals surface area (Å²) in [6.07, 6.45) is -1.92. The number of pyridine rings is 1. The average molecular weight is 452 g/mol. The van der Waals surface area contributed by atoms with Crippen LogP contribution in [0.3, 0.4) is 0 Å². The number of carbonyl (C=O) groups is 1. The van der Waals surface area contributed by atoms with Gasteiger partial charge in [-0.3, -0.25) is 14.7 Å². The lowest BCUT2D eigenvalue weighted by Gasteiger charge is -2.25. The zero-order chi connectivity index (χ0) is 22.2. The van der Waals surface area contributed by atoms with Crippen LogP contribution in [0.2, 0.25) is 0 Å². The molecule has 1 saturated heterocycles. The van der Waals surface area contributed by atoms with Crippen LogP contribution in [0, 0.1) is 0 Å². The number of anilines is 1. The second-order valence-electron chi connectivity index (χ2n) is 7.83. The molecule has 166 valence electrons. The SMILES string of the molecule is CC1=C(OCN2CCCN(c3ccnc4cc(C(F)(F)F)ccc34)CC2)C(C)SC1=O. The Morgan fingerprint density at radius 1 is 1.19 bits per heavy atom. The second kappa shape index (κ2) is 8.70. The summed E-state index contributed by atoms with van der Waals surface area (Å²) in [5.41, 5.74) is 1.24. The summed E-state index contributed by atoms with van der Waals surface area (Å²) in [6, 6.07) is 5.59. The number of thioether (sulfide) groups is 1. The van der Waals surface area contributed by atoms with Gasteiger partial charge in [0.15, 0.2) is 0 Å². The number of alkyl halides is 3. The summed E-state index contributed by atoms with van der Waals surface area (Å²) in [4.78, 5) is 20.4. The molecule has 1 aromatic carbocycles. The molecule has 0 aliphatic carbocycles. The Morgan fingerprint density at radius 3 is 2.71 bits per heavy atom. The predicted octanol–water partition coefficient (Wildman–Crippen LogP) is 4.68. The van der Waals surface area contributed by atoms with Crippen molar-refractivity contribution in [3.63, 3.8) is 0 Å². The molecule has 0 N–H and O–H groups in total. The zero-order valence-electron chi connectivity index (χ0n) is 17.4. The molecule has 0 bridgehead atoms. The maximum Gasteiger partial charge on any atom is 0.416 e. The van der Waals surface area contributed by atoms with Crippen molar-refractivity contribution in [3.8, 4) is 0 Å². The van der Waals surface area contributed by atoms with Crippen LogP contribution in [0.5, 0.6) is 0 Å². The predicted molar refractivity (Wildman–Crippen MR) is 116 cm³/mol. The van der Waals surface area contributed by atoms with Crippen molar-refractivity contribution in [1.29, 1.82) is 0 Å². The first-order chi connectivity index (χ1) is 14.7.